The fourth-order valence-electron chi connectivity index (χ4n) is 3.72. The predicted molar refractivity (Wildman–Crippen MR) is 146 cm³/mol. The van der Waals surface area contributed by atoms with E-state index in [1.54, 1.807) is 48.5 Å². The van der Waals surface area contributed by atoms with Crippen LogP contribution in [0, 0.1) is 13.8 Å². The summed E-state index contributed by atoms with van der Waals surface area (Å²) >= 11 is 0. The molecule has 4 rings (SSSR count). The number of nitrogens with one attached hydrogen (secondary N) is 1. The number of anilines is 1. The number of sulfonamides is 1. The molecule has 0 unspecified atom stereocenters. The van der Waals surface area contributed by atoms with Gasteiger partial charge in [0.15, 0.2) is 0 Å². The lowest BCUT2D eigenvalue weighted by molar-refractivity contribution is -0.116. The van der Waals surface area contributed by atoms with Crippen molar-refractivity contribution in [3.63, 3.8) is 0 Å². The summed E-state index contributed by atoms with van der Waals surface area (Å²) in [5.74, 6) is 0.241. The molecule has 0 saturated heterocycles. The summed E-state index contributed by atoms with van der Waals surface area (Å²) in [6.07, 6.45) is 0. The highest BCUT2D eigenvalue weighted by atomic mass is 32.2. The summed E-state index contributed by atoms with van der Waals surface area (Å²) in [6.45, 7) is 4.06. The van der Waals surface area contributed by atoms with E-state index in [0.717, 1.165) is 22.3 Å². The Morgan fingerprint density at radius 2 is 1.35 bits per heavy atom. The molecule has 0 fully saturated rings. The summed E-state index contributed by atoms with van der Waals surface area (Å²) in [4.78, 5) is 13.1. The van der Waals surface area contributed by atoms with E-state index in [2.05, 4.69) is 5.32 Å². The molecule has 0 bridgehead atoms. The van der Waals surface area contributed by atoms with Crippen molar-refractivity contribution in [2.24, 2.45) is 0 Å². The lowest BCUT2D eigenvalue weighted by Crippen LogP contribution is -2.37. The summed E-state index contributed by atoms with van der Waals surface area (Å²) in [7, 11) is -3.90. The molecule has 4 aromatic rings. The van der Waals surface area contributed by atoms with Gasteiger partial charge in [0.25, 0.3) is 0 Å². The van der Waals surface area contributed by atoms with E-state index in [9.17, 15) is 13.2 Å². The molecule has 1 N–H and O–H groups in total. The maximum Gasteiger partial charge on any atom is 0.243 e. The third-order valence-electron chi connectivity index (χ3n) is 5.84. The van der Waals surface area contributed by atoms with Crippen LogP contribution < -0.4 is 10.1 Å². The molecule has 0 heterocycles. The van der Waals surface area contributed by atoms with Crippen molar-refractivity contribution in [3.05, 3.63) is 125 Å². The Bertz CT molecular complexity index is 1420. The first-order valence-corrected chi connectivity index (χ1v) is 13.4. The zero-order valence-electron chi connectivity index (χ0n) is 20.9. The maximum absolute atomic E-state index is 13.5. The van der Waals surface area contributed by atoms with Gasteiger partial charge in [-0.1, -0.05) is 77.9 Å². The van der Waals surface area contributed by atoms with Crippen molar-refractivity contribution in [3.8, 4) is 5.75 Å². The van der Waals surface area contributed by atoms with Crippen LogP contribution in [0.1, 0.15) is 22.3 Å². The smallest absolute Gasteiger partial charge is 0.243 e. The Morgan fingerprint density at radius 1 is 0.757 bits per heavy atom. The van der Waals surface area contributed by atoms with Crippen LogP contribution in [-0.4, -0.2) is 25.2 Å². The van der Waals surface area contributed by atoms with Gasteiger partial charge in [-0.05, 0) is 61.4 Å². The van der Waals surface area contributed by atoms with Gasteiger partial charge in [0.1, 0.15) is 12.4 Å². The number of carbonyl (C=O) groups is 1. The van der Waals surface area contributed by atoms with Gasteiger partial charge in [-0.2, -0.15) is 4.31 Å². The maximum atomic E-state index is 13.5. The molecule has 0 aliphatic heterocycles. The SMILES string of the molecule is Cc1ccc(CN(CC(=O)Nc2ccc(OCc3ccccc3)cc2)S(=O)(=O)c2ccc(C)cc2)cc1. The number of aryl methyl sites for hydroxylation is 2. The Morgan fingerprint density at radius 3 is 1.97 bits per heavy atom. The van der Waals surface area contributed by atoms with Crippen molar-refractivity contribution < 1.29 is 17.9 Å². The van der Waals surface area contributed by atoms with Gasteiger partial charge >= 0.3 is 0 Å². The van der Waals surface area contributed by atoms with Crippen LogP contribution >= 0.6 is 0 Å². The van der Waals surface area contributed by atoms with Crippen molar-refractivity contribution in [2.45, 2.75) is 31.9 Å². The predicted octanol–water partition coefficient (Wildman–Crippen LogP) is 5.71. The monoisotopic (exact) mass is 514 g/mol. The third kappa shape index (κ3) is 7.29. The van der Waals surface area contributed by atoms with Crippen LogP contribution in [0.4, 0.5) is 5.69 Å². The Balaban J connectivity index is 1.45. The van der Waals surface area contributed by atoms with Gasteiger partial charge in [-0.3, -0.25) is 4.79 Å². The van der Waals surface area contributed by atoms with E-state index in [0.29, 0.717) is 18.0 Å². The first kappa shape index (κ1) is 26.1. The fourth-order valence-corrected chi connectivity index (χ4v) is 5.10. The molecule has 0 spiro atoms. The molecule has 1 amide bonds. The number of rotatable bonds is 10. The van der Waals surface area contributed by atoms with Crippen LogP contribution in [0.25, 0.3) is 0 Å². The number of carbonyl (C=O) groups excluding carboxylic acids is 1. The summed E-state index contributed by atoms with van der Waals surface area (Å²) in [5.41, 5.74) is 4.45. The second-order valence-electron chi connectivity index (χ2n) is 8.92. The number of nitrogens with zero attached hydrogens (tertiary/aromatic N) is 1. The van der Waals surface area contributed by atoms with E-state index < -0.39 is 15.9 Å². The number of ether oxygens (including phenoxy) is 1. The van der Waals surface area contributed by atoms with E-state index in [4.69, 9.17) is 4.74 Å². The Labute approximate surface area is 218 Å². The Hall–Kier alpha value is -3.94. The number of amides is 1. The van der Waals surface area contributed by atoms with Crippen molar-refractivity contribution in [2.75, 3.05) is 11.9 Å². The van der Waals surface area contributed by atoms with Crippen LogP contribution in [-0.2, 0) is 28.0 Å². The highest BCUT2D eigenvalue weighted by Gasteiger charge is 2.27. The number of hydrogen-bond donors (Lipinski definition) is 1. The topological polar surface area (TPSA) is 75.7 Å². The van der Waals surface area contributed by atoms with Gasteiger partial charge in [0.2, 0.25) is 15.9 Å². The molecule has 7 heteroatoms. The lowest BCUT2D eigenvalue weighted by Gasteiger charge is -2.22. The second-order valence-corrected chi connectivity index (χ2v) is 10.9. The van der Waals surface area contributed by atoms with Crippen molar-refractivity contribution in [1.29, 1.82) is 0 Å². The second kappa shape index (κ2) is 11.9. The first-order valence-electron chi connectivity index (χ1n) is 12.0. The third-order valence-corrected chi connectivity index (χ3v) is 7.65. The zero-order chi connectivity index (χ0) is 26.3. The zero-order valence-corrected chi connectivity index (χ0v) is 21.7. The van der Waals surface area contributed by atoms with Gasteiger partial charge in [-0.15, -0.1) is 0 Å². The largest absolute Gasteiger partial charge is 0.489 e. The van der Waals surface area contributed by atoms with Crippen molar-refractivity contribution in [1.82, 2.24) is 4.31 Å². The number of hydrogen-bond acceptors (Lipinski definition) is 4. The molecule has 0 aromatic heterocycles. The van der Waals surface area contributed by atoms with Gasteiger partial charge < -0.3 is 10.1 Å². The quantitative estimate of drug-likeness (QED) is 0.294. The van der Waals surface area contributed by atoms with Crippen molar-refractivity contribution >= 4 is 21.6 Å². The minimum absolute atomic E-state index is 0.0795. The minimum atomic E-state index is -3.90. The lowest BCUT2D eigenvalue weighted by atomic mass is 10.1. The molecular weight excluding hydrogens is 484 g/mol. The van der Waals surface area contributed by atoms with E-state index in [-0.39, 0.29) is 18.0 Å². The van der Waals surface area contributed by atoms with E-state index in [1.807, 2.05) is 68.4 Å². The van der Waals surface area contributed by atoms with Crippen LogP contribution in [0.15, 0.2) is 108 Å². The molecule has 6 nitrogen and oxygen atoms in total. The first-order chi connectivity index (χ1) is 17.8. The number of benzene rings is 4. The Kier molecular flexibility index (Phi) is 8.38. The molecule has 190 valence electrons. The summed E-state index contributed by atoms with van der Waals surface area (Å²) in [5, 5.41) is 2.80. The van der Waals surface area contributed by atoms with Gasteiger partial charge in [0.05, 0.1) is 11.4 Å². The molecule has 37 heavy (non-hydrogen) atoms. The summed E-state index contributed by atoms with van der Waals surface area (Å²) in [6, 6.07) is 31.1. The fraction of sp³-hybridized carbons (Fsp3) is 0.167. The van der Waals surface area contributed by atoms with E-state index in [1.165, 1.54) is 4.31 Å². The average molecular weight is 515 g/mol. The van der Waals surface area contributed by atoms with Crippen LogP contribution in [0.5, 0.6) is 5.75 Å². The van der Waals surface area contributed by atoms with Gasteiger partial charge in [-0.25, -0.2) is 8.42 Å². The molecule has 0 aliphatic carbocycles. The molecule has 0 radical (unpaired) electrons. The molecular formula is C30H30N2O4S. The molecule has 0 saturated carbocycles. The van der Waals surface area contributed by atoms with Gasteiger partial charge in [0, 0.05) is 12.2 Å². The molecule has 4 aromatic carbocycles. The summed E-state index contributed by atoms with van der Waals surface area (Å²) < 4.78 is 33.9. The van der Waals surface area contributed by atoms with Crippen LogP contribution in [0.3, 0.4) is 0 Å². The highest BCUT2D eigenvalue weighted by Crippen LogP contribution is 2.21. The van der Waals surface area contributed by atoms with E-state index >= 15 is 0 Å². The minimum Gasteiger partial charge on any atom is -0.489 e. The normalized spacial score (nSPS) is 11.3. The standard InChI is InChI=1S/C30H30N2O4S/c1-23-8-12-25(13-9-23)20-32(37(34,35)29-18-10-24(2)11-19-29)21-30(33)31-27-14-16-28(17-15-27)36-22-26-6-4-3-5-7-26/h3-19H,20-22H2,1-2H3,(H,31,33). The molecule has 0 atom stereocenters. The average Bonchev–Trinajstić information content (AvgIpc) is 2.90. The molecule has 0 aliphatic rings. The van der Waals surface area contributed by atoms with Crippen LogP contribution in [0.2, 0.25) is 0 Å². The highest BCUT2D eigenvalue weighted by molar-refractivity contribution is 7.89.